The molecule has 0 aromatic heterocycles. The van der Waals surface area contributed by atoms with Crippen LogP contribution >= 0.6 is 0 Å². The van der Waals surface area contributed by atoms with Gasteiger partial charge in [0, 0.05) is 25.9 Å². The predicted molar refractivity (Wildman–Crippen MR) is 97.2 cm³/mol. The molecule has 0 N–H and O–H groups in total. The Morgan fingerprint density at radius 2 is 1.96 bits per heavy atom. The molecule has 0 aromatic rings. The van der Waals surface area contributed by atoms with E-state index in [2.05, 4.69) is 39.9 Å². The van der Waals surface area contributed by atoms with Crippen molar-refractivity contribution in [3.8, 4) is 0 Å². The largest absolute Gasteiger partial charge is 0.458 e. The van der Waals surface area contributed by atoms with Gasteiger partial charge in [-0.1, -0.05) is 26.8 Å². The fourth-order valence-electron chi connectivity index (χ4n) is 3.52. The molecule has 0 bridgehead atoms. The molecule has 2 aliphatic carbocycles. The monoisotopic (exact) mass is 352 g/mol. The van der Waals surface area contributed by atoms with Gasteiger partial charge in [-0.25, -0.2) is 0 Å². The van der Waals surface area contributed by atoms with Gasteiger partial charge in [-0.2, -0.15) is 0 Å². The molecule has 1 fully saturated rings. The Morgan fingerprint density at radius 3 is 2.54 bits per heavy atom. The molecular formula is C19H32O4Si. The number of hydrogen-bond acceptors (Lipinski definition) is 4. The molecule has 0 heterocycles. The average molecular weight is 353 g/mol. The zero-order valence-corrected chi connectivity index (χ0v) is 16.9. The summed E-state index contributed by atoms with van der Waals surface area (Å²) in [4.78, 5) is 23.8. The fraction of sp³-hybridized carbons (Fsp3) is 0.789. The molecule has 4 nitrogen and oxygen atoms in total. The molecule has 4 atom stereocenters. The minimum absolute atomic E-state index is 0.174. The van der Waals surface area contributed by atoms with Gasteiger partial charge in [0.05, 0.1) is 5.92 Å². The number of carbonyl (C=O) groups is 2. The fourth-order valence-corrected chi connectivity index (χ4v) is 4.57. The molecule has 2 aliphatic rings. The lowest BCUT2D eigenvalue weighted by molar-refractivity contribution is -0.152. The third kappa shape index (κ3) is 4.17. The van der Waals surface area contributed by atoms with Crippen molar-refractivity contribution in [1.82, 2.24) is 0 Å². The number of rotatable bonds is 4. The van der Waals surface area contributed by atoms with Gasteiger partial charge in [0.1, 0.15) is 11.9 Å². The van der Waals surface area contributed by atoms with E-state index in [1.165, 1.54) is 6.92 Å². The van der Waals surface area contributed by atoms with E-state index in [0.29, 0.717) is 13.0 Å². The number of hydrogen-bond donors (Lipinski definition) is 0. The van der Waals surface area contributed by atoms with Crippen LogP contribution in [0.1, 0.15) is 47.0 Å². The van der Waals surface area contributed by atoms with Crippen molar-refractivity contribution in [3.05, 3.63) is 12.2 Å². The number of esters is 1. The molecule has 0 aromatic carbocycles. The quantitative estimate of drug-likeness (QED) is 0.434. The maximum atomic E-state index is 12.5. The normalized spacial score (nSPS) is 30.8. The Balaban J connectivity index is 2.14. The second kappa shape index (κ2) is 7.12. The summed E-state index contributed by atoms with van der Waals surface area (Å²) in [7, 11) is -1.81. The summed E-state index contributed by atoms with van der Waals surface area (Å²) >= 11 is 0. The van der Waals surface area contributed by atoms with Crippen molar-refractivity contribution < 1.29 is 18.8 Å². The lowest BCUT2D eigenvalue weighted by Crippen LogP contribution is -2.47. The van der Waals surface area contributed by atoms with Crippen molar-refractivity contribution in [1.29, 1.82) is 0 Å². The van der Waals surface area contributed by atoms with E-state index < -0.39 is 14.4 Å². The van der Waals surface area contributed by atoms with Gasteiger partial charge in [-0.15, -0.1) is 0 Å². The predicted octanol–water partition coefficient (Wildman–Crippen LogP) is 4.11. The molecule has 136 valence electrons. The van der Waals surface area contributed by atoms with Crippen LogP contribution in [0.25, 0.3) is 0 Å². The summed E-state index contributed by atoms with van der Waals surface area (Å²) in [6.45, 7) is 13.3. The smallest absolute Gasteiger partial charge is 0.303 e. The van der Waals surface area contributed by atoms with Crippen LogP contribution in [-0.4, -0.2) is 32.8 Å². The van der Waals surface area contributed by atoms with Crippen molar-refractivity contribution in [2.75, 3.05) is 6.61 Å². The highest BCUT2D eigenvalue weighted by atomic mass is 28.4. The summed E-state index contributed by atoms with van der Waals surface area (Å²) in [6, 6.07) is 0. The molecule has 2 rings (SSSR count). The van der Waals surface area contributed by atoms with Gasteiger partial charge >= 0.3 is 5.97 Å². The highest BCUT2D eigenvalue weighted by Crippen LogP contribution is 2.42. The first-order valence-corrected chi connectivity index (χ1v) is 12.0. The van der Waals surface area contributed by atoms with Gasteiger partial charge in [-0.3, -0.25) is 9.59 Å². The summed E-state index contributed by atoms with van der Waals surface area (Å²) < 4.78 is 11.8. The maximum Gasteiger partial charge on any atom is 0.303 e. The number of Topliss-reactive ketones (excluding diaryl/α,β-unsaturated/α-hetero) is 1. The van der Waals surface area contributed by atoms with Crippen molar-refractivity contribution in [2.24, 2.45) is 17.8 Å². The average Bonchev–Trinajstić information content (AvgIpc) is 2.44. The van der Waals surface area contributed by atoms with Crippen molar-refractivity contribution >= 4 is 20.1 Å². The third-order valence-corrected chi connectivity index (χ3v) is 10.5. The molecule has 24 heavy (non-hydrogen) atoms. The van der Waals surface area contributed by atoms with Crippen LogP contribution in [0.5, 0.6) is 0 Å². The molecule has 0 aliphatic heterocycles. The molecule has 0 spiro atoms. The minimum atomic E-state index is -1.81. The zero-order chi connectivity index (χ0) is 18.1. The molecule has 0 radical (unpaired) electrons. The van der Waals surface area contributed by atoms with Crippen LogP contribution in [0, 0.1) is 17.8 Å². The standard InChI is InChI=1S/C19H32O4Si/c1-13(20)23-17-11-10-14(12-22-24(5,6)19(2,3)4)15-8-7-9-16(21)18(15)17/h10-11,14-15,17-18H,7-9,12H2,1-6H3/t14-,15-,17-,18+/m0/s1. The van der Waals surface area contributed by atoms with Crippen molar-refractivity contribution in [3.63, 3.8) is 0 Å². The molecule has 0 saturated heterocycles. The second-order valence-electron chi connectivity index (χ2n) is 8.74. The Labute approximate surface area is 147 Å². The number of carbonyl (C=O) groups excluding carboxylic acids is 2. The lowest BCUT2D eigenvalue weighted by Gasteiger charge is -2.43. The first-order valence-electron chi connectivity index (χ1n) is 9.05. The van der Waals surface area contributed by atoms with Crippen LogP contribution in [0.4, 0.5) is 0 Å². The number of ether oxygens (including phenoxy) is 1. The summed E-state index contributed by atoms with van der Waals surface area (Å²) in [6.07, 6.45) is 6.15. The van der Waals surface area contributed by atoms with Gasteiger partial charge in [0.15, 0.2) is 8.32 Å². The highest BCUT2D eigenvalue weighted by Gasteiger charge is 2.45. The van der Waals surface area contributed by atoms with E-state index in [0.717, 1.165) is 12.8 Å². The van der Waals surface area contributed by atoms with E-state index in [9.17, 15) is 9.59 Å². The van der Waals surface area contributed by atoms with Crippen LogP contribution in [-0.2, 0) is 18.8 Å². The van der Waals surface area contributed by atoms with Crippen LogP contribution in [0.15, 0.2) is 12.2 Å². The lowest BCUT2D eigenvalue weighted by atomic mass is 9.66. The highest BCUT2D eigenvalue weighted by molar-refractivity contribution is 6.74. The van der Waals surface area contributed by atoms with Crippen LogP contribution in [0.2, 0.25) is 18.1 Å². The summed E-state index contributed by atoms with van der Waals surface area (Å²) in [5.74, 6) is 0.183. The molecule has 0 unspecified atom stereocenters. The third-order valence-electron chi connectivity index (χ3n) is 5.99. The van der Waals surface area contributed by atoms with E-state index in [4.69, 9.17) is 9.16 Å². The molecular weight excluding hydrogens is 320 g/mol. The van der Waals surface area contributed by atoms with Gasteiger partial charge in [0.25, 0.3) is 0 Å². The Bertz CT molecular complexity index is 518. The topological polar surface area (TPSA) is 52.6 Å². The van der Waals surface area contributed by atoms with Crippen LogP contribution < -0.4 is 0 Å². The Morgan fingerprint density at radius 1 is 1.29 bits per heavy atom. The second-order valence-corrected chi connectivity index (χ2v) is 13.6. The van der Waals surface area contributed by atoms with Gasteiger partial charge in [0.2, 0.25) is 0 Å². The van der Waals surface area contributed by atoms with Crippen LogP contribution in [0.3, 0.4) is 0 Å². The first-order chi connectivity index (χ1) is 11.0. The van der Waals surface area contributed by atoms with E-state index in [1.54, 1.807) is 0 Å². The summed E-state index contributed by atoms with van der Waals surface area (Å²) in [5.41, 5.74) is 0. The SMILES string of the molecule is CC(=O)O[C@H]1C=C[C@@H](CO[Si](C)(C)C(C)(C)C)[C@@H]2CCCC(=O)[C@@H]21. The maximum absolute atomic E-state index is 12.5. The Kier molecular flexibility index (Phi) is 5.75. The Hall–Kier alpha value is -0.943. The van der Waals surface area contributed by atoms with E-state index in [1.807, 2.05) is 6.08 Å². The summed E-state index contributed by atoms with van der Waals surface area (Å²) in [5, 5.41) is 0.174. The van der Waals surface area contributed by atoms with E-state index in [-0.39, 0.29) is 34.5 Å². The molecule has 5 heteroatoms. The first kappa shape index (κ1) is 19.4. The molecule has 1 saturated carbocycles. The van der Waals surface area contributed by atoms with Gasteiger partial charge in [-0.05, 0) is 43.0 Å². The number of fused-ring (bicyclic) bond motifs is 1. The van der Waals surface area contributed by atoms with Crippen molar-refractivity contribution in [2.45, 2.75) is 71.2 Å². The minimum Gasteiger partial charge on any atom is -0.458 e. The number of ketones is 1. The molecule has 0 amide bonds. The van der Waals surface area contributed by atoms with Gasteiger partial charge < -0.3 is 9.16 Å². The van der Waals surface area contributed by atoms with E-state index >= 15 is 0 Å². The zero-order valence-electron chi connectivity index (χ0n) is 15.9.